The fourth-order valence-electron chi connectivity index (χ4n) is 1.83. The summed E-state index contributed by atoms with van der Waals surface area (Å²) < 4.78 is 5.21. The van der Waals surface area contributed by atoms with Crippen molar-refractivity contribution in [2.24, 2.45) is 0 Å². The van der Waals surface area contributed by atoms with Crippen LogP contribution in [0.25, 0.3) is 0 Å². The first-order valence-electron chi connectivity index (χ1n) is 5.33. The van der Waals surface area contributed by atoms with Crippen LogP contribution < -0.4 is 5.06 Å². The van der Waals surface area contributed by atoms with E-state index in [2.05, 4.69) is 4.98 Å². The van der Waals surface area contributed by atoms with E-state index in [1.54, 1.807) is 13.2 Å². The van der Waals surface area contributed by atoms with Gasteiger partial charge in [-0.1, -0.05) is 18.2 Å². The fraction of sp³-hybridized carbons (Fsp3) is 0.417. The topological polar surface area (TPSA) is 45.6 Å². The molecule has 4 heteroatoms. The van der Waals surface area contributed by atoms with Crippen LogP contribution in [0.5, 0.6) is 0 Å². The molecule has 16 heavy (non-hydrogen) atoms. The van der Waals surface area contributed by atoms with Gasteiger partial charge in [0.15, 0.2) is 5.82 Å². The van der Waals surface area contributed by atoms with Crippen molar-refractivity contribution in [2.45, 2.75) is 25.5 Å². The molecule has 0 saturated carbocycles. The second kappa shape index (κ2) is 4.63. The van der Waals surface area contributed by atoms with E-state index in [1.165, 1.54) is 5.06 Å². The summed E-state index contributed by atoms with van der Waals surface area (Å²) in [6.45, 7) is 1.90. The third-order valence-electron chi connectivity index (χ3n) is 2.75. The van der Waals surface area contributed by atoms with E-state index in [9.17, 15) is 5.21 Å². The molecule has 1 aromatic rings. The lowest BCUT2D eigenvalue weighted by Crippen LogP contribution is -2.31. The molecule has 1 aliphatic rings. The zero-order valence-electron chi connectivity index (χ0n) is 9.50. The Morgan fingerprint density at radius 3 is 2.88 bits per heavy atom. The molecule has 2 atom stereocenters. The standard InChI is InChI=1S/C12H16N2O2/c1-9-4-3-5-12(13-9)14(15)10-6-7-11(8-10)16-2/h3-7,10-11,15H,8H2,1-2H3/t10-,11?/m1/s1. The maximum atomic E-state index is 10.0. The number of pyridine rings is 1. The van der Waals surface area contributed by atoms with Crippen molar-refractivity contribution in [3.05, 3.63) is 36.0 Å². The van der Waals surface area contributed by atoms with Crippen LogP contribution in [0.3, 0.4) is 0 Å². The number of nitrogens with zero attached hydrogens (tertiary/aromatic N) is 2. The van der Waals surface area contributed by atoms with Crippen molar-refractivity contribution in [3.8, 4) is 0 Å². The van der Waals surface area contributed by atoms with Crippen molar-refractivity contribution >= 4 is 5.82 Å². The third-order valence-corrected chi connectivity index (χ3v) is 2.75. The molecule has 2 rings (SSSR count). The van der Waals surface area contributed by atoms with Crippen LogP contribution in [0.4, 0.5) is 5.82 Å². The first kappa shape index (κ1) is 11.1. The number of hydrogen-bond donors (Lipinski definition) is 1. The maximum absolute atomic E-state index is 10.0. The van der Waals surface area contributed by atoms with E-state index in [0.717, 1.165) is 12.1 Å². The number of aromatic nitrogens is 1. The van der Waals surface area contributed by atoms with Gasteiger partial charge in [0.2, 0.25) is 0 Å². The molecule has 4 nitrogen and oxygen atoms in total. The highest BCUT2D eigenvalue weighted by Crippen LogP contribution is 2.22. The Bertz CT molecular complexity index is 392. The van der Waals surface area contributed by atoms with E-state index in [-0.39, 0.29) is 12.1 Å². The van der Waals surface area contributed by atoms with Gasteiger partial charge in [0.05, 0.1) is 12.1 Å². The van der Waals surface area contributed by atoms with Gasteiger partial charge in [-0.2, -0.15) is 0 Å². The molecule has 0 aliphatic heterocycles. The molecule has 0 bridgehead atoms. The predicted octanol–water partition coefficient (Wildman–Crippen LogP) is 1.93. The first-order valence-corrected chi connectivity index (χ1v) is 5.33. The van der Waals surface area contributed by atoms with Gasteiger partial charge in [0.1, 0.15) is 0 Å². The molecule has 0 saturated heterocycles. The molecule has 1 unspecified atom stereocenters. The molecule has 1 heterocycles. The summed E-state index contributed by atoms with van der Waals surface area (Å²) in [4.78, 5) is 4.27. The monoisotopic (exact) mass is 220 g/mol. The molecule has 1 aliphatic carbocycles. The fourth-order valence-corrected chi connectivity index (χ4v) is 1.83. The van der Waals surface area contributed by atoms with Gasteiger partial charge in [-0.25, -0.2) is 10.0 Å². The van der Waals surface area contributed by atoms with Gasteiger partial charge in [0.25, 0.3) is 0 Å². The molecule has 0 spiro atoms. The number of hydrogen-bond acceptors (Lipinski definition) is 4. The largest absolute Gasteiger partial charge is 0.377 e. The van der Waals surface area contributed by atoms with E-state index in [0.29, 0.717) is 5.82 Å². The molecule has 86 valence electrons. The van der Waals surface area contributed by atoms with Crippen LogP contribution in [0, 0.1) is 6.92 Å². The molecular weight excluding hydrogens is 204 g/mol. The van der Waals surface area contributed by atoms with Crippen molar-refractivity contribution < 1.29 is 9.94 Å². The van der Waals surface area contributed by atoms with E-state index < -0.39 is 0 Å². The highest BCUT2D eigenvalue weighted by atomic mass is 16.5. The molecule has 1 aromatic heterocycles. The SMILES string of the molecule is COC1C=C[C@@H](N(O)c2cccc(C)n2)C1. The zero-order chi connectivity index (χ0) is 11.5. The summed E-state index contributed by atoms with van der Waals surface area (Å²) in [5, 5.41) is 11.2. The van der Waals surface area contributed by atoms with Gasteiger partial charge in [-0.05, 0) is 19.1 Å². The second-order valence-electron chi connectivity index (χ2n) is 3.94. The number of aryl methyl sites for hydroxylation is 1. The highest BCUT2D eigenvalue weighted by Gasteiger charge is 2.24. The van der Waals surface area contributed by atoms with E-state index in [4.69, 9.17) is 4.74 Å². The van der Waals surface area contributed by atoms with Gasteiger partial charge in [0, 0.05) is 19.2 Å². The summed E-state index contributed by atoms with van der Waals surface area (Å²) in [5.41, 5.74) is 0.891. The van der Waals surface area contributed by atoms with Crippen molar-refractivity contribution in [2.75, 3.05) is 12.2 Å². The number of hydroxylamine groups is 1. The van der Waals surface area contributed by atoms with Crippen LogP contribution in [0.1, 0.15) is 12.1 Å². The van der Waals surface area contributed by atoms with Gasteiger partial charge >= 0.3 is 0 Å². The zero-order valence-corrected chi connectivity index (χ0v) is 9.50. The van der Waals surface area contributed by atoms with Crippen molar-refractivity contribution in [3.63, 3.8) is 0 Å². The van der Waals surface area contributed by atoms with Crippen LogP contribution in [0.2, 0.25) is 0 Å². The number of ether oxygens (including phenoxy) is 1. The Morgan fingerprint density at radius 1 is 1.44 bits per heavy atom. The molecular formula is C12H16N2O2. The minimum absolute atomic E-state index is 0.0563. The highest BCUT2D eigenvalue weighted by molar-refractivity contribution is 5.39. The average Bonchev–Trinajstić information content (AvgIpc) is 2.76. The number of rotatable bonds is 3. The van der Waals surface area contributed by atoms with Gasteiger partial charge in [-0.15, -0.1) is 0 Å². The quantitative estimate of drug-likeness (QED) is 0.624. The molecule has 1 N–H and O–H groups in total. The summed E-state index contributed by atoms with van der Waals surface area (Å²) in [6.07, 6.45) is 4.74. The Balaban J connectivity index is 2.09. The molecule has 0 aromatic carbocycles. The Hall–Kier alpha value is -1.39. The molecule has 0 radical (unpaired) electrons. The van der Waals surface area contributed by atoms with Gasteiger partial charge in [-0.3, -0.25) is 5.21 Å². The normalized spacial score (nSPS) is 23.7. The Labute approximate surface area is 95.1 Å². The van der Waals surface area contributed by atoms with E-state index in [1.807, 2.05) is 31.2 Å². The van der Waals surface area contributed by atoms with Crippen LogP contribution in [-0.4, -0.2) is 29.4 Å². The van der Waals surface area contributed by atoms with E-state index >= 15 is 0 Å². The van der Waals surface area contributed by atoms with Crippen LogP contribution in [-0.2, 0) is 4.74 Å². The summed E-state index contributed by atoms with van der Waals surface area (Å²) in [5.74, 6) is 0.575. The summed E-state index contributed by atoms with van der Waals surface area (Å²) in [7, 11) is 1.67. The lowest BCUT2D eigenvalue weighted by Gasteiger charge is -2.22. The summed E-state index contributed by atoms with van der Waals surface area (Å²) >= 11 is 0. The Kier molecular flexibility index (Phi) is 3.22. The van der Waals surface area contributed by atoms with Gasteiger partial charge < -0.3 is 4.74 Å². The van der Waals surface area contributed by atoms with Crippen LogP contribution in [0.15, 0.2) is 30.4 Å². The minimum atomic E-state index is -0.0563. The van der Waals surface area contributed by atoms with Crippen LogP contribution >= 0.6 is 0 Å². The average molecular weight is 220 g/mol. The Morgan fingerprint density at radius 2 is 2.25 bits per heavy atom. The minimum Gasteiger partial charge on any atom is -0.377 e. The van der Waals surface area contributed by atoms with Crippen molar-refractivity contribution in [1.82, 2.24) is 4.98 Å². The molecule has 0 amide bonds. The third kappa shape index (κ3) is 2.23. The smallest absolute Gasteiger partial charge is 0.153 e. The van der Waals surface area contributed by atoms with Crippen molar-refractivity contribution in [1.29, 1.82) is 0 Å². The predicted molar refractivity (Wildman–Crippen MR) is 61.6 cm³/mol. The number of anilines is 1. The number of methoxy groups -OCH3 is 1. The second-order valence-corrected chi connectivity index (χ2v) is 3.94. The lowest BCUT2D eigenvalue weighted by molar-refractivity contribution is 0.126. The first-order chi connectivity index (χ1) is 7.70. The lowest BCUT2D eigenvalue weighted by atomic mass is 10.2. The summed E-state index contributed by atoms with van der Waals surface area (Å²) in [6, 6.07) is 5.52. The molecule has 0 fully saturated rings. The maximum Gasteiger partial charge on any atom is 0.153 e.